The Morgan fingerprint density at radius 2 is 0.982 bits per heavy atom. The van der Waals surface area contributed by atoms with E-state index in [1.54, 1.807) is 0 Å². The van der Waals surface area contributed by atoms with Crippen LogP contribution in [0.4, 0.5) is 0 Å². The van der Waals surface area contributed by atoms with Crippen molar-refractivity contribution in [1.82, 2.24) is 19.5 Å². The van der Waals surface area contributed by atoms with Crippen LogP contribution in [0.2, 0.25) is 0 Å². The molecule has 1 spiro atoms. The van der Waals surface area contributed by atoms with Crippen LogP contribution >= 0.6 is 0 Å². The zero-order chi connectivity index (χ0) is 37.2. The summed E-state index contributed by atoms with van der Waals surface area (Å²) in [5, 5.41) is 4.45. The van der Waals surface area contributed by atoms with E-state index >= 15 is 0 Å². The van der Waals surface area contributed by atoms with Gasteiger partial charge in [-0.05, 0) is 63.2 Å². The lowest BCUT2D eigenvalue weighted by molar-refractivity contribution is 0.669. The van der Waals surface area contributed by atoms with Gasteiger partial charge in [0.1, 0.15) is 11.2 Å². The zero-order valence-electron chi connectivity index (χ0n) is 30.5. The quantitative estimate of drug-likeness (QED) is 0.182. The van der Waals surface area contributed by atoms with Crippen molar-refractivity contribution in [2.45, 2.75) is 5.41 Å². The molecule has 0 fully saturated rings. The fourth-order valence-corrected chi connectivity index (χ4v) is 10.0. The molecule has 57 heavy (non-hydrogen) atoms. The van der Waals surface area contributed by atoms with E-state index in [0.29, 0.717) is 17.6 Å². The van der Waals surface area contributed by atoms with Crippen molar-refractivity contribution in [3.05, 3.63) is 204 Å². The maximum absolute atomic E-state index is 6.35. The van der Waals surface area contributed by atoms with E-state index in [0.717, 1.165) is 54.9 Å². The van der Waals surface area contributed by atoms with Gasteiger partial charge in [-0.25, -0.2) is 4.98 Å². The monoisotopic (exact) mass is 726 g/mol. The Hall–Kier alpha value is -7.63. The SMILES string of the molecule is c1ccc(-c2nc(-c3ccc4c(c3)oc3ccccc34)nc(-n3c4ccccc4c4ccc5c(c43)-c3ccccc3C53c4ccccc4-c4ccccc43)n2)cc1. The molecule has 2 aliphatic rings. The molecule has 264 valence electrons. The highest BCUT2D eigenvalue weighted by Gasteiger charge is 2.52. The highest BCUT2D eigenvalue weighted by atomic mass is 16.3. The van der Waals surface area contributed by atoms with Crippen LogP contribution in [-0.4, -0.2) is 19.5 Å². The summed E-state index contributed by atoms with van der Waals surface area (Å²) in [7, 11) is 0. The molecule has 0 saturated carbocycles. The number of fused-ring (bicyclic) bond motifs is 17. The molecule has 0 saturated heterocycles. The molecular formula is C52H30N4O. The second kappa shape index (κ2) is 11.2. The highest BCUT2D eigenvalue weighted by Crippen LogP contribution is 2.64. The Morgan fingerprint density at radius 3 is 1.75 bits per heavy atom. The number of aromatic nitrogens is 4. The molecular weight excluding hydrogens is 697 g/mol. The van der Waals surface area contributed by atoms with Crippen LogP contribution in [0, 0.1) is 0 Å². The molecule has 5 nitrogen and oxygen atoms in total. The lowest BCUT2D eigenvalue weighted by Crippen LogP contribution is -2.25. The molecule has 0 unspecified atom stereocenters. The number of nitrogens with zero attached hydrogens (tertiary/aromatic N) is 4. The number of furan rings is 1. The summed E-state index contributed by atoms with van der Waals surface area (Å²) in [5.74, 6) is 1.75. The molecule has 0 radical (unpaired) electrons. The molecule has 8 aromatic carbocycles. The van der Waals surface area contributed by atoms with Crippen LogP contribution in [0.5, 0.6) is 0 Å². The van der Waals surface area contributed by atoms with Gasteiger partial charge in [-0.3, -0.25) is 4.57 Å². The smallest absolute Gasteiger partial charge is 0.238 e. The standard InChI is InChI=1S/C52H30N4O/c1-2-14-31(15-3-1)49-53-50(32-26-27-37-36-19-8-13-25-45(36)57-46(37)30-32)55-51(54-49)56-44-24-12-7-18-35(44)38-28-29-43-47(48(38)56)39-20-6-11-23-42(39)52(43)40-21-9-4-16-33(40)34-17-5-10-22-41(34)52/h1-30H. The minimum absolute atomic E-state index is 0.476. The normalized spacial score (nSPS) is 13.4. The lowest BCUT2D eigenvalue weighted by atomic mass is 9.70. The van der Waals surface area contributed by atoms with Gasteiger partial charge < -0.3 is 4.42 Å². The number of benzene rings is 8. The molecule has 2 aliphatic carbocycles. The van der Waals surface area contributed by atoms with E-state index in [4.69, 9.17) is 19.4 Å². The molecule has 3 aromatic heterocycles. The van der Waals surface area contributed by atoms with Crippen LogP contribution in [0.15, 0.2) is 186 Å². The van der Waals surface area contributed by atoms with Gasteiger partial charge in [-0.2, -0.15) is 9.97 Å². The predicted molar refractivity (Wildman–Crippen MR) is 229 cm³/mol. The third-order valence-corrected chi connectivity index (χ3v) is 12.3. The van der Waals surface area contributed by atoms with Crippen molar-refractivity contribution < 1.29 is 4.42 Å². The molecule has 3 heterocycles. The van der Waals surface area contributed by atoms with Crippen molar-refractivity contribution in [2.75, 3.05) is 0 Å². The molecule has 11 aromatic rings. The zero-order valence-corrected chi connectivity index (χ0v) is 30.5. The minimum atomic E-state index is -0.476. The third-order valence-electron chi connectivity index (χ3n) is 12.3. The van der Waals surface area contributed by atoms with Gasteiger partial charge in [0.05, 0.1) is 16.4 Å². The van der Waals surface area contributed by atoms with E-state index in [1.165, 1.54) is 44.5 Å². The summed E-state index contributed by atoms with van der Waals surface area (Å²) in [5.41, 5.74) is 15.3. The first-order valence-electron chi connectivity index (χ1n) is 19.4. The van der Waals surface area contributed by atoms with Crippen LogP contribution in [0.3, 0.4) is 0 Å². The number of hydrogen-bond acceptors (Lipinski definition) is 4. The fraction of sp³-hybridized carbons (Fsp3) is 0.0192. The maximum atomic E-state index is 6.35. The summed E-state index contributed by atoms with van der Waals surface area (Å²) in [4.78, 5) is 15.8. The first-order valence-corrected chi connectivity index (χ1v) is 19.4. The van der Waals surface area contributed by atoms with E-state index in [-0.39, 0.29) is 0 Å². The Morgan fingerprint density at radius 1 is 0.404 bits per heavy atom. The van der Waals surface area contributed by atoms with Crippen LogP contribution in [0.1, 0.15) is 22.3 Å². The predicted octanol–water partition coefficient (Wildman–Crippen LogP) is 12.5. The second-order valence-electron chi connectivity index (χ2n) is 15.1. The lowest BCUT2D eigenvalue weighted by Gasteiger charge is -2.30. The summed E-state index contributed by atoms with van der Waals surface area (Å²) in [6.45, 7) is 0. The average Bonchev–Trinajstić information content (AvgIpc) is 4.00. The van der Waals surface area contributed by atoms with Crippen LogP contribution < -0.4 is 0 Å². The van der Waals surface area contributed by atoms with Crippen molar-refractivity contribution in [1.29, 1.82) is 0 Å². The first-order chi connectivity index (χ1) is 28.3. The van der Waals surface area contributed by atoms with E-state index in [9.17, 15) is 0 Å². The van der Waals surface area contributed by atoms with Gasteiger partial charge in [-0.15, -0.1) is 0 Å². The number of rotatable bonds is 3. The highest BCUT2D eigenvalue weighted by molar-refractivity contribution is 6.16. The molecule has 0 atom stereocenters. The summed E-state index contributed by atoms with van der Waals surface area (Å²) < 4.78 is 8.63. The molecule has 0 N–H and O–H groups in total. The van der Waals surface area contributed by atoms with E-state index in [2.05, 4.69) is 150 Å². The molecule has 0 bridgehead atoms. The first kappa shape index (κ1) is 30.7. The van der Waals surface area contributed by atoms with Crippen molar-refractivity contribution in [3.8, 4) is 51.0 Å². The van der Waals surface area contributed by atoms with Gasteiger partial charge in [0, 0.05) is 38.2 Å². The summed E-state index contributed by atoms with van der Waals surface area (Å²) in [6.07, 6.45) is 0. The molecule has 13 rings (SSSR count). The number of para-hydroxylation sites is 2. The van der Waals surface area contributed by atoms with Gasteiger partial charge in [-0.1, -0.05) is 158 Å². The maximum Gasteiger partial charge on any atom is 0.238 e. The summed E-state index contributed by atoms with van der Waals surface area (Å²) >= 11 is 0. The Balaban J connectivity index is 1.15. The molecule has 5 heteroatoms. The van der Waals surface area contributed by atoms with Crippen molar-refractivity contribution in [3.63, 3.8) is 0 Å². The van der Waals surface area contributed by atoms with Crippen LogP contribution in [-0.2, 0) is 5.41 Å². The summed E-state index contributed by atoms with van der Waals surface area (Å²) in [6, 6.07) is 64.8. The average molecular weight is 727 g/mol. The van der Waals surface area contributed by atoms with Gasteiger partial charge in [0.15, 0.2) is 11.6 Å². The number of hydrogen-bond donors (Lipinski definition) is 0. The Kier molecular flexibility index (Phi) is 6.04. The molecule has 0 aliphatic heterocycles. The van der Waals surface area contributed by atoms with E-state index < -0.39 is 5.41 Å². The minimum Gasteiger partial charge on any atom is -0.456 e. The van der Waals surface area contributed by atoms with Gasteiger partial charge in [0.2, 0.25) is 5.95 Å². The second-order valence-corrected chi connectivity index (χ2v) is 15.1. The Bertz CT molecular complexity index is 3440. The molecule has 0 amide bonds. The van der Waals surface area contributed by atoms with Crippen molar-refractivity contribution >= 4 is 43.7 Å². The van der Waals surface area contributed by atoms with Gasteiger partial charge in [0.25, 0.3) is 0 Å². The van der Waals surface area contributed by atoms with Crippen molar-refractivity contribution in [2.24, 2.45) is 0 Å². The largest absolute Gasteiger partial charge is 0.456 e. The van der Waals surface area contributed by atoms with Gasteiger partial charge >= 0.3 is 0 Å². The van der Waals surface area contributed by atoms with Crippen LogP contribution in [0.25, 0.3) is 94.7 Å². The topological polar surface area (TPSA) is 56.7 Å². The Labute approximate surface area is 327 Å². The fourth-order valence-electron chi connectivity index (χ4n) is 10.0. The third kappa shape index (κ3) is 3.99. The van der Waals surface area contributed by atoms with E-state index in [1.807, 2.05) is 36.4 Å².